The van der Waals surface area contributed by atoms with Crippen LogP contribution in [0.4, 0.5) is 11.5 Å². The fourth-order valence-corrected chi connectivity index (χ4v) is 3.17. The third kappa shape index (κ3) is 4.82. The summed E-state index contributed by atoms with van der Waals surface area (Å²) in [6, 6.07) is 14.7. The first-order chi connectivity index (χ1) is 12.6. The second-order valence-corrected chi connectivity index (χ2v) is 6.98. The second kappa shape index (κ2) is 8.81. The van der Waals surface area contributed by atoms with Gasteiger partial charge in [-0.05, 0) is 44.4 Å². The Morgan fingerprint density at radius 2 is 1.92 bits per heavy atom. The minimum Gasteiger partial charge on any atom is -0.381 e. The number of ether oxygens (including phenoxy) is 1. The number of carbonyl (C=O) groups is 1. The number of aromatic nitrogens is 1. The molecule has 0 unspecified atom stereocenters. The molecule has 0 radical (unpaired) electrons. The van der Waals surface area contributed by atoms with Crippen LogP contribution in [0, 0.1) is 5.92 Å². The Balaban J connectivity index is 1.65. The van der Waals surface area contributed by atoms with Crippen LogP contribution in [-0.4, -0.2) is 30.1 Å². The molecule has 0 spiro atoms. The molecule has 0 saturated carbocycles. The number of amides is 1. The highest BCUT2D eigenvalue weighted by atomic mass is 16.5. The molecule has 1 amide bonds. The minimum atomic E-state index is 0.0236. The highest BCUT2D eigenvalue weighted by molar-refractivity contribution is 5.91. The van der Waals surface area contributed by atoms with Crippen LogP contribution in [0.1, 0.15) is 32.3 Å². The molecule has 1 aromatic carbocycles. The molecule has 2 heterocycles. The number of carbonyl (C=O) groups excluding carboxylic acids is 1. The standard InChI is InChI=1S/C21H27N3O2/c1-16(2)24(15-17-6-4-3-5-7-17)19-8-9-20(22-14-19)23-21(25)18-10-12-26-13-11-18/h3-9,14,16,18H,10-13,15H2,1-2H3,(H,22,23,25). The van der Waals surface area contributed by atoms with E-state index < -0.39 is 0 Å². The van der Waals surface area contributed by atoms with Gasteiger partial charge >= 0.3 is 0 Å². The summed E-state index contributed by atoms with van der Waals surface area (Å²) in [6.45, 7) is 6.49. The Labute approximate surface area is 155 Å². The summed E-state index contributed by atoms with van der Waals surface area (Å²) < 4.78 is 5.31. The number of pyridine rings is 1. The lowest BCUT2D eigenvalue weighted by molar-refractivity contribution is -0.122. The topological polar surface area (TPSA) is 54.5 Å². The van der Waals surface area contributed by atoms with Crippen molar-refractivity contribution in [3.63, 3.8) is 0 Å². The van der Waals surface area contributed by atoms with E-state index >= 15 is 0 Å². The average molecular weight is 353 g/mol. The van der Waals surface area contributed by atoms with Crippen molar-refractivity contribution in [1.29, 1.82) is 0 Å². The molecule has 1 fully saturated rings. The third-order valence-corrected chi connectivity index (χ3v) is 4.74. The van der Waals surface area contributed by atoms with E-state index in [9.17, 15) is 4.79 Å². The zero-order valence-electron chi connectivity index (χ0n) is 15.5. The number of hydrogen-bond acceptors (Lipinski definition) is 4. The Kier molecular flexibility index (Phi) is 6.23. The van der Waals surface area contributed by atoms with Crippen LogP contribution in [-0.2, 0) is 16.1 Å². The van der Waals surface area contributed by atoms with Gasteiger partial charge in [0.1, 0.15) is 5.82 Å². The van der Waals surface area contributed by atoms with Gasteiger partial charge in [0.15, 0.2) is 0 Å². The van der Waals surface area contributed by atoms with E-state index in [-0.39, 0.29) is 11.8 Å². The van der Waals surface area contributed by atoms with E-state index in [1.807, 2.05) is 24.4 Å². The first-order valence-corrected chi connectivity index (χ1v) is 9.28. The molecule has 5 heteroatoms. The van der Waals surface area contributed by atoms with E-state index in [0.29, 0.717) is 25.1 Å². The van der Waals surface area contributed by atoms with Gasteiger partial charge in [0.2, 0.25) is 5.91 Å². The molecule has 2 aromatic rings. The highest BCUT2D eigenvalue weighted by Gasteiger charge is 2.22. The largest absolute Gasteiger partial charge is 0.381 e. The van der Waals surface area contributed by atoms with E-state index in [4.69, 9.17) is 4.74 Å². The summed E-state index contributed by atoms with van der Waals surface area (Å²) in [5, 5.41) is 2.93. The van der Waals surface area contributed by atoms with E-state index in [2.05, 4.69) is 53.3 Å². The van der Waals surface area contributed by atoms with Crippen LogP contribution < -0.4 is 10.2 Å². The molecule has 1 saturated heterocycles. The summed E-state index contributed by atoms with van der Waals surface area (Å²) in [7, 11) is 0. The van der Waals surface area contributed by atoms with Gasteiger partial charge in [-0.25, -0.2) is 4.98 Å². The molecule has 1 N–H and O–H groups in total. The van der Waals surface area contributed by atoms with Crippen LogP contribution in [0.25, 0.3) is 0 Å². The molecule has 1 aliphatic heterocycles. The van der Waals surface area contributed by atoms with Crippen molar-refractivity contribution in [3.8, 4) is 0 Å². The molecule has 0 aliphatic carbocycles. The Morgan fingerprint density at radius 1 is 1.19 bits per heavy atom. The molecule has 3 rings (SSSR count). The quantitative estimate of drug-likeness (QED) is 0.857. The lowest BCUT2D eigenvalue weighted by Gasteiger charge is -2.29. The molecule has 5 nitrogen and oxygen atoms in total. The maximum absolute atomic E-state index is 12.3. The Morgan fingerprint density at radius 3 is 2.54 bits per heavy atom. The fourth-order valence-electron chi connectivity index (χ4n) is 3.17. The predicted octanol–water partition coefficient (Wildman–Crippen LogP) is 3.86. The molecular weight excluding hydrogens is 326 g/mol. The van der Waals surface area contributed by atoms with Crippen LogP contribution >= 0.6 is 0 Å². The van der Waals surface area contributed by atoms with Crippen molar-refractivity contribution in [2.24, 2.45) is 5.92 Å². The van der Waals surface area contributed by atoms with Crippen molar-refractivity contribution in [1.82, 2.24) is 4.98 Å². The Bertz CT molecular complexity index is 695. The number of hydrogen-bond donors (Lipinski definition) is 1. The summed E-state index contributed by atoms with van der Waals surface area (Å²) >= 11 is 0. The van der Waals surface area contributed by atoms with Gasteiger partial charge in [0.25, 0.3) is 0 Å². The molecule has 26 heavy (non-hydrogen) atoms. The molecule has 0 bridgehead atoms. The van der Waals surface area contributed by atoms with Crippen molar-refractivity contribution < 1.29 is 9.53 Å². The molecule has 0 atom stereocenters. The van der Waals surface area contributed by atoms with E-state index in [1.54, 1.807) is 0 Å². The zero-order chi connectivity index (χ0) is 18.4. The van der Waals surface area contributed by atoms with Crippen LogP contribution in [0.3, 0.4) is 0 Å². The lowest BCUT2D eigenvalue weighted by Crippen LogP contribution is -2.30. The highest BCUT2D eigenvalue weighted by Crippen LogP contribution is 2.22. The predicted molar refractivity (Wildman–Crippen MR) is 104 cm³/mol. The number of nitrogens with one attached hydrogen (secondary N) is 1. The number of nitrogens with zero attached hydrogens (tertiary/aromatic N) is 2. The van der Waals surface area contributed by atoms with Gasteiger partial charge in [-0.3, -0.25) is 4.79 Å². The molecule has 1 aliphatic rings. The number of benzene rings is 1. The zero-order valence-corrected chi connectivity index (χ0v) is 15.5. The molecule has 1 aromatic heterocycles. The van der Waals surface area contributed by atoms with Crippen molar-refractivity contribution in [2.75, 3.05) is 23.4 Å². The summed E-state index contributed by atoms with van der Waals surface area (Å²) in [5.74, 6) is 0.669. The normalized spacial score (nSPS) is 15.0. The number of anilines is 2. The van der Waals surface area contributed by atoms with Gasteiger partial charge in [-0.1, -0.05) is 30.3 Å². The maximum atomic E-state index is 12.3. The van der Waals surface area contributed by atoms with Crippen LogP contribution in [0.2, 0.25) is 0 Å². The SMILES string of the molecule is CC(C)N(Cc1ccccc1)c1ccc(NC(=O)C2CCOCC2)nc1. The van der Waals surface area contributed by atoms with Crippen molar-refractivity contribution in [2.45, 2.75) is 39.3 Å². The third-order valence-electron chi connectivity index (χ3n) is 4.74. The minimum absolute atomic E-state index is 0.0236. The monoisotopic (exact) mass is 353 g/mol. The van der Waals surface area contributed by atoms with E-state index in [0.717, 1.165) is 25.1 Å². The number of rotatable bonds is 6. The van der Waals surface area contributed by atoms with Crippen molar-refractivity contribution in [3.05, 3.63) is 54.2 Å². The average Bonchev–Trinajstić information content (AvgIpc) is 2.68. The first kappa shape index (κ1) is 18.4. The summed E-state index contributed by atoms with van der Waals surface area (Å²) in [5.41, 5.74) is 2.31. The first-order valence-electron chi connectivity index (χ1n) is 9.28. The lowest BCUT2D eigenvalue weighted by atomic mass is 9.99. The van der Waals surface area contributed by atoms with Crippen molar-refractivity contribution >= 4 is 17.4 Å². The van der Waals surface area contributed by atoms with Gasteiger partial charge in [-0.15, -0.1) is 0 Å². The maximum Gasteiger partial charge on any atom is 0.228 e. The summed E-state index contributed by atoms with van der Waals surface area (Å²) in [6.07, 6.45) is 3.40. The van der Waals surface area contributed by atoms with Gasteiger partial charge < -0.3 is 15.0 Å². The Hall–Kier alpha value is -2.40. The molecule has 138 valence electrons. The van der Waals surface area contributed by atoms with Gasteiger partial charge in [-0.2, -0.15) is 0 Å². The fraction of sp³-hybridized carbons (Fsp3) is 0.429. The smallest absolute Gasteiger partial charge is 0.228 e. The van der Waals surface area contributed by atoms with Gasteiger partial charge in [0, 0.05) is 31.7 Å². The van der Waals surface area contributed by atoms with Crippen LogP contribution in [0.15, 0.2) is 48.7 Å². The second-order valence-electron chi connectivity index (χ2n) is 6.98. The van der Waals surface area contributed by atoms with Crippen LogP contribution in [0.5, 0.6) is 0 Å². The van der Waals surface area contributed by atoms with E-state index in [1.165, 1.54) is 5.56 Å². The van der Waals surface area contributed by atoms with Gasteiger partial charge in [0.05, 0.1) is 11.9 Å². The summed E-state index contributed by atoms with van der Waals surface area (Å²) in [4.78, 5) is 19.1. The molecular formula is C21H27N3O2.